The SMILES string of the molecule is Nc1c(F)ccc(Nc2cc(F)cc(F)c2)c1C(=O)O. The molecule has 0 aliphatic carbocycles. The van der Waals surface area contributed by atoms with E-state index in [0.717, 1.165) is 24.3 Å². The Morgan fingerprint density at radius 1 is 1.10 bits per heavy atom. The van der Waals surface area contributed by atoms with Crippen LogP contribution in [-0.2, 0) is 0 Å². The maximum absolute atomic E-state index is 13.3. The van der Waals surface area contributed by atoms with Crippen LogP contribution in [0.3, 0.4) is 0 Å². The molecule has 0 heterocycles. The van der Waals surface area contributed by atoms with E-state index in [1.54, 1.807) is 0 Å². The van der Waals surface area contributed by atoms with E-state index in [9.17, 15) is 18.0 Å². The summed E-state index contributed by atoms with van der Waals surface area (Å²) < 4.78 is 39.4. The molecule has 0 spiro atoms. The molecule has 4 N–H and O–H groups in total. The predicted molar refractivity (Wildman–Crippen MR) is 67.4 cm³/mol. The van der Waals surface area contributed by atoms with Gasteiger partial charge in [-0.15, -0.1) is 0 Å². The molecule has 2 aromatic carbocycles. The number of halogens is 3. The Balaban J connectivity index is 2.48. The number of aromatic carboxylic acids is 1. The maximum atomic E-state index is 13.3. The van der Waals surface area contributed by atoms with E-state index in [0.29, 0.717) is 6.07 Å². The number of hydrogen-bond acceptors (Lipinski definition) is 3. The van der Waals surface area contributed by atoms with Gasteiger partial charge in [-0.05, 0) is 24.3 Å². The molecule has 2 rings (SSSR count). The van der Waals surface area contributed by atoms with Crippen LogP contribution in [0.2, 0.25) is 0 Å². The van der Waals surface area contributed by atoms with Gasteiger partial charge in [-0.2, -0.15) is 0 Å². The van der Waals surface area contributed by atoms with E-state index in [1.165, 1.54) is 0 Å². The zero-order valence-corrected chi connectivity index (χ0v) is 9.95. The predicted octanol–water partition coefficient (Wildman–Crippen LogP) is 3.13. The smallest absolute Gasteiger partial charge is 0.340 e. The van der Waals surface area contributed by atoms with Crippen molar-refractivity contribution in [1.29, 1.82) is 0 Å². The molecule has 0 atom stereocenters. The lowest BCUT2D eigenvalue weighted by molar-refractivity contribution is 0.0698. The molecule has 7 heteroatoms. The lowest BCUT2D eigenvalue weighted by Gasteiger charge is -2.12. The first-order chi connectivity index (χ1) is 9.38. The zero-order chi connectivity index (χ0) is 14.9. The second-order valence-electron chi connectivity index (χ2n) is 3.97. The molecule has 0 aliphatic rings. The van der Waals surface area contributed by atoms with Gasteiger partial charge in [0.25, 0.3) is 0 Å². The fourth-order valence-corrected chi connectivity index (χ4v) is 1.71. The minimum absolute atomic E-state index is 0.0176. The first-order valence-corrected chi connectivity index (χ1v) is 5.43. The molecule has 0 aromatic heterocycles. The highest BCUT2D eigenvalue weighted by molar-refractivity contribution is 6.00. The van der Waals surface area contributed by atoms with Crippen molar-refractivity contribution in [2.24, 2.45) is 0 Å². The summed E-state index contributed by atoms with van der Waals surface area (Å²) in [4.78, 5) is 11.1. The molecule has 0 amide bonds. The highest BCUT2D eigenvalue weighted by atomic mass is 19.1. The number of carbonyl (C=O) groups is 1. The second-order valence-corrected chi connectivity index (χ2v) is 3.97. The van der Waals surface area contributed by atoms with Crippen molar-refractivity contribution in [2.45, 2.75) is 0 Å². The summed E-state index contributed by atoms with van der Waals surface area (Å²) in [5.74, 6) is -4.02. The molecule has 20 heavy (non-hydrogen) atoms. The van der Waals surface area contributed by atoms with E-state index in [2.05, 4.69) is 5.32 Å². The molecular weight excluding hydrogens is 273 g/mol. The van der Waals surface area contributed by atoms with Gasteiger partial charge in [0.1, 0.15) is 23.0 Å². The molecule has 0 saturated carbocycles. The summed E-state index contributed by atoms with van der Waals surface area (Å²) in [6.07, 6.45) is 0. The Bertz CT molecular complexity index is 669. The van der Waals surface area contributed by atoms with Crippen molar-refractivity contribution in [3.63, 3.8) is 0 Å². The second kappa shape index (κ2) is 5.12. The topological polar surface area (TPSA) is 75.3 Å². The molecule has 0 aliphatic heterocycles. The third kappa shape index (κ3) is 2.66. The average molecular weight is 282 g/mol. The highest BCUT2D eigenvalue weighted by Crippen LogP contribution is 2.28. The Morgan fingerprint density at radius 2 is 1.70 bits per heavy atom. The van der Waals surface area contributed by atoms with Crippen LogP contribution in [0.4, 0.5) is 30.2 Å². The lowest BCUT2D eigenvalue weighted by atomic mass is 10.1. The Kier molecular flexibility index (Phi) is 3.51. The molecule has 4 nitrogen and oxygen atoms in total. The van der Waals surface area contributed by atoms with Crippen LogP contribution in [0.15, 0.2) is 30.3 Å². The van der Waals surface area contributed by atoms with E-state index in [1.807, 2.05) is 0 Å². The van der Waals surface area contributed by atoms with Gasteiger partial charge in [-0.25, -0.2) is 18.0 Å². The van der Waals surface area contributed by atoms with Gasteiger partial charge in [0, 0.05) is 11.8 Å². The number of anilines is 3. The number of carboxylic acids is 1. The van der Waals surface area contributed by atoms with Crippen molar-refractivity contribution in [1.82, 2.24) is 0 Å². The zero-order valence-electron chi connectivity index (χ0n) is 9.95. The van der Waals surface area contributed by atoms with Crippen molar-refractivity contribution in [2.75, 3.05) is 11.1 Å². The third-order valence-corrected chi connectivity index (χ3v) is 2.55. The Hall–Kier alpha value is -2.70. The summed E-state index contributed by atoms with van der Waals surface area (Å²) in [5.41, 5.74) is 4.21. The fourth-order valence-electron chi connectivity index (χ4n) is 1.71. The number of rotatable bonds is 3. The first-order valence-electron chi connectivity index (χ1n) is 5.43. The van der Waals surface area contributed by atoms with Gasteiger partial charge >= 0.3 is 5.97 Å². The number of carboxylic acid groups (broad SMARTS) is 1. The number of nitrogens with one attached hydrogen (secondary N) is 1. The van der Waals surface area contributed by atoms with E-state index in [4.69, 9.17) is 10.8 Å². The molecule has 0 saturated heterocycles. The number of benzene rings is 2. The van der Waals surface area contributed by atoms with Crippen molar-refractivity contribution in [3.05, 3.63) is 53.3 Å². The van der Waals surface area contributed by atoms with Crippen LogP contribution >= 0.6 is 0 Å². The largest absolute Gasteiger partial charge is 0.478 e. The summed E-state index contributed by atoms with van der Waals surface area (Å²) in [6.45, 7) is 0. The number of nitrogen functional groups attached to an aromatic ring is 1. The summed E-state index contributed by atoms with van der Waals surface area (Å²) in [7, 11) is 0. The minimum Gasteiger partial charge on any atom is -0.478 e. The minimum atomic E-state index is -1.46. The molecule has 0 fully saturated rings. The Morgan fingerprint density at radius 3 is 2.25 bits per heavy atom. The number of nitrogens with two attached hydrogens (primary N) is 1. The highest BCUT2D eigenvalue weighted by Gasteiger charge is 2.17. The number of hydrogen-bond donors (Lipinski definition) is 3. The standard InChI is InChI=1S/C13H9F3N2O2/c14-6-3-7(15)5-8(4-6)18-10-2-1-9(16)12(17)11(10)13(19)20/h1-5,18H,17H2,(H,19,20). The summed E-state index contributed by atoms with van der Waals surface area (Å²) in [5, 5.41) is 11.5. The lowest BCUT2D eigenvalue weighted by Crippen LogP contribution is -2.08. The molecule has 104 valence electrons. The molecule has 0 unspecified atom stereocenters. The van der Waals surface area contributed by atoms with Gasteiger partial charge in [-0.1, -0.05) is 0 Å². The summed E-state index contributed by atoms with van der Waals surface area (Å²) in [6, 6.07) is 4.68. The first kappa shape index (κ1) is 13.7. The van der Waals surface area contributed by atoms with Gasteiger partial charge in [0.2, 0.25) is 0 Å². The van der Waals surface area contributed by atoms with Crippen molar-refractivity contribution < 1.29 is 23.1 Å². The normalized spacial score (nSPS) is 10.3. The van der Waals surface area contributed by atoms with Gasteiger partial charge in [0.05, 0.1) is 11.4 Å². The van der Waals surface area contributed by atoms with Crippen molar-refractivity contribution >= 4 is 23.0 Å². The van der Waals surface area contributed by atoms with Gasteiger partial charge in [0.15, 0.2) is 0 Å². The molecular formula is C13H9F3N2O2. The van der Waals surface area contributed by atoms with Crippen LogP contribution in [-0.4, -0.2) is 11.1 Å². The Labute approximate surface area is 111 Å². The van der Waals surface area contributed by atoms with Crippen LogP contribution in [0, 0.1) is 17.5 Å². The van der Waals surface area contributed by atoms with Crippen molar-refractivity contribution in [3.8, 4) is 0 Å². The van der Waals surface area contributed by atoms with Gasteiger partial charge < -0.3 is 16.2 Å². The fraction of sp³-hybridized carbons (Fsp3) is 0. The quantitative estimate of drug-likeness (QED) is 0.756. The maximum Gasteiger partial charge on any atom is 0.340 e. The molecule has 0 radical (unpaired) electrons. The van der Waals surface area contributed by atoms with E-state index < -0.39 is 34.7 Å². The molecule has 0 bridgehead atoms. The van der Waals surface area contributed by atoms with Crippen LogP contribution in [0.5, 0.6) is 0 Å². The van der Waals surface area contributed by atoms with Crippen LogP contribution in [0.1, 0.15) is 10.4 Å². The average Bonchev–Trinajstić information content (AvgIpc) is 2.32. The van der Waals surface area contributed by atoms with E-state index in [-0.39, 0.29) is 11.4 Å². The third-order valence-electron chi connectivity index (χ3n) is 2.55. The molecule has 2 aromatic rings. The van der Waals surface area contributed by atoms with Crippen LogP contribution < -0.4 is 11.1 Å². The monoisotopic (exact) mass is 282 g/mol. The van der Waals surface area contributed by atoms with Crippen LogP contribution in [0.25, 0.3) is 0 Å². The van der Waals surface area contributed by atoms with E-state index >= 15 is 0 Å². The van der Waals surface area contributed by atoms with Gasteiger partial charge in [-0.3, -0.25) is 0 Å². The summed E-state index contributed by atoms with van der Waals surface area (Å²) >= 11 is 0.